The molecule has 0 saturated carbocycles. The van der Waals surface area contributed by atoms with Gasteiger partial charge in [0, 0.05) is 30.2 Å². The third-order valence-corrected chi connectivity index (χ3v) is 5.32. The highest BCUT2D eigenvalue weighted by Crippen LogP contribution is 2.27. The third kappa shape index (κ3) is 4.44. The summed E-state index contributed by atoms with van der Waals surface area (Å²) < 4.78 is 5.47. The van der Waals surface area contributed by atoms with Gasteiger partial charge in [-0.25, -0.2) is 0 Å². The highest BCUT2D eigenvalue weighted by atomic mass is 35.5. The van der Waals surface area contributed by atoms with Crippen molar-refractivity contribution in [2.24, 2.45) is 0 Å². The number of halogens is 1. The van der Waals surface area contributed by atoms with Crippen LogP contribution in [0.5, 0.6) is 0 Å². The minimum absolute atomic E-state index is 0.0306. The number of aryl methyl sites for hydroxylation is 2. The van der Waals surface area contributed by atoms with Crippen molar-refractivity contribution in [3.05, 3.63) is 69.7 Å². The fourth-order valence-electron chi connectivity index (χ4n) is 3.24. The number of nitrogens with one attached hydrogen (secondary N) is 1. The van der Waals surface area contributed by atoms with Gasteiger partial charge in [0.15, 0.2) is 0 Å². The summed E-state index contributed by atoms with van der Waals surface area (Å²) in [5.41, 5.74) is 4.03. The SMILES string of the molecule is Cc1ccc(C(=O)NCC(c2ccccc2Cl)N2CCOCC2)cc1C. The zero-order valence-corrected chi connectivity index (χ0v) is 16.1. The quantitative estimate of drug-likeness (QED) is 0.868. The zero-order chi connectivity index (χ0) is 18.5. The van der Waals surface area contributed by atoms with Gasteiger partial charge in [0.05, 0.1) is 19.3 Å². The van der Waals surface area contributed by atoms with Crippen molar-refractivity contribution < 1.29 is 9.53 Å². The Bertz CT molecular complexity index is 772. The Morgan fingerprint density at radius 1 is 1.15 bits per heavy atom. The van der Waals surface area contributed by atoms with E-state index in [1.807, 2.05) is 56.3 Å². The second-order valence-electron chi connectivity index (χ2n) is 6.69. The van der Waals surface area contributed by atoms with Crippen LogP contribution in [-0.2, 0) is 4.74 Å². The van der Waals surface area contributed by atoms with Gasteiger partial charge in [-0.1, -0.05) is 35.9 Å². The van der Waals surface area contributed by atoms with Crippen molar-refractivity contribution in [2.75, 3.05) is 32.8 Å². The second-order valence-corrected chi connectivity index (χ2v) is 7.10. The van der Waals surface area contributed by atoms with Crippen LogP contribution in [0, 0.1) is 13.8 Å². The van der Waals surface area contributed by atoms with E-state index in [4.69, 9.17) is 16.3 Å². The third-order valence-electron chi connectivity index (χ3n) is 4.98. The van der Waals surface area contributed by atoms with Crippen molar-refractivity contribution in [3.63, 3.8) is 0 Å². The van der Waals surface area contributed by atoms with E-state index >= 15 is 0 Å². The summed E-state index contributed by atoms with van der Waals surface area (Å²) in [5.74, 6) is -0.0570. The minimum atomic E-state index is -0.0570. The first-order valence-electron chi connectivity index (χ1n) is 8.98. The maximum absolute atomic E-state index is 12.6. The number of hydrogen-bond donors (Lipinski definition) is 1. The predicted molar refractivity (Wildman–Crippen MR) is 105 cm³/mol. The molecule has 1 fully saturated rings. The molecule has 4 nitrogen and oxygen atoms in total. The molecule has 1 N–H and O–H groups in total. The van der Waals surface area contributed by atoms with Gasteiger partial charge in [-0.3, -0.25) is 9.69 Å². The van der Waals surface area contributed by atoms with Crippen molar-refractivity contribution in [1.29, 1.82) is 0 Å². The van der Waals surface area contributed by atoms with Crippen LogP contribution in [0.15, 0.2) is 42.5 Å². The van der Waals surface area contributed by atoms with Crippen LogP contribution in [0.2, 0.25) is 5.02 Å². The lowest BCUT2D eigenvalue weighted by molar-refractivity contribution is 0.0162. The van der Waals surface area contributed by atoms with E-state index in [0.717, 1.165) is 29.2 Å². The molecule has 1 atom stereocenters. The molecule has 1 unspecified atom stereocenters. The topological polar surface area (TPSA) is 41.6 Å². The molecule has 2 aromatic carbocycles. The normalized spacial score (nSPS) is 16.3. The fraction of sp³-hybridized carbons (Fsp3) is 0.381. The van der Waals surface area contributed by atoms with Crippen LogP contribution < -0.4 is 5.32 Å². The largest absolute Gasteiger partial charge is 0.379 e. The number of nitrogens with zero attached hydrogens (tertiary/aromatic N) is 1. The highest BCUT2D eigenvalue weighted by Gasteiger charge is 2.25. The first kappa shape index (κ1) is 18.9. The Hall–Kier alpha value is -1.88. The van der Waals surface area contributed by atoms with Crippen LogP contribution >= 0.6 is 11.6 Å². The van der Waals surface area contributed by atoms with Gasteiger partial charge in [0.25, 0.3) is 5.91 Å². The van der Waals surface area contributed by atoms with Crippen LogP contribution in [0.3, 0.4) is 0 Å². The molecule has 1 aliphatic heterocycles. The van der Waals surface area contributed by atoms with E-state index in [1.54, 1.807) is 0 Å². The molecule has 138 valence electrons. The molecular weight excluding hydrogens is 348 g/mol. The lowest BCUT2D eigenvalue weighted by Crippen LogP contribution is -2.44. The first-order valence-corrected chi connectivity index (χ1v) is 9.35. The molecule has 3 rings (SSSR count). The molecule has 0 spiro atoms. The molecule has 1 amide bonds. The molecule has 1 aliphatic rings. The van der Waals surface area contributed by atoms with Crippen molar-refractivity contribution >= 4 is 17.5 Å². The van der Waals surface area contributed by atoms with E-state index in [2.05, 4.69) is 10.2 Å². The van der Waals surface area contributed by atoms with Crippen molar-refractivity contribution in [3.8, 4) is 0 Å². The van der Waals surface area contributed by atoms with Gasteiger partial charge in [-0.2, -0.15) is 0 Å². The highest BCUT2D eigenvalue weighted by molar-refractivity contribution is 6.31. The Labute approximate surface area is 160 Å². The molecule has 0 aliphatic carbocycles. The molecule has 1 saturated heterocycles. The molecule has 0 radical (unpaired) electrons. The lowest BCUT2D eigenvalue weighted by atomic mass is 10.0. The van der Waals surface area contributed by atoms with Gasteiger partial charge >= 0.3 is 0 Å². The molecule has 1 heterocycles. The summed E-state index contributed by atoms with van der Waals surface area (Å²) >= 11 is 6.44. The van der Waals surface area contributed by atoms with Crippen molar-refractivity contribution in [1.82, 2.24) is 10.2 Å². The average Bonchev–Trinajstić information content (AvgIpc) is 2.66. The molecule has 0 aromatic heterocycles. The van der Waals surface area contributed by atoms with E-state index in [1.165, 1.54) is 5.56 Å². The number of carbonyl (C=O) groups excluding carboxylic acids is 1. The van der Waals surface area contributed by atoms with Gasteiger partial charge < -0.3 is 10.1 Å². The average molecular weight is 373 g/mol. The number of carbonyl (C=O) groups is 1. The van der Waals surface area contributed by atoms with Crippen LogP contribution in [0.1, 0.15) is 33.1 Å². The smallest absolute Gasteiger partial charge is 0.251 e. The van der Waals surface area contributed by atoms with E-state index < -0.39 is 0 Å². The van der Waals surface area contributed by atoms with Crippen LogP contribution in [-0.4, -0.2) is 43.7 Å². The Kier molecular flexibility index (Phi) is 6.30. The number of amides is 1. The molecule has 0 bridgehead atoms. The Balaban J connectivity index is 1.76. The molecule has 2 aromatic rings. The Morgan fingerprint density at radius 2 is 1.88 bits per heavy atom. The van der Waals surface area contributed by atoms with Crippen LogP contribution in [0.4, 0.5) is 0 Å². The first-order chi connectivity index (χ1) is 12.6. The predicted octanol–water partition coefficient (Wildman–Crippen LogP) is 3.76. The van der Waals surface area contributed by atoms with Gasteiger partial charge in [-0.15, -0.1) is 0 Å². The monoisotopic (exact) mass is 372 g/mol. The number of benzene rings is 2. The maximum atomic E-state index is 12.6. The molecular formula is C21H25ClN2O2. The summed E-state index contributed by atoms with van der Waals surface area (Å²) in [4.78, 5) is 14.9. The number of hydrogen-bond acceptors (Lipinski definition) is 3. The van der Waals surface area contributed by atoms with Crippen molar-refractivity contribution in [2.45, 2.75) is 19.9 Å². The summed E-state index contributed by atoms with van der Waals surface area (Å²) in [6.45, 7) is 7.63. The summed E-state index contributed by atoms with van der Waals surface area (Å²) in [6.07, 6.45) is 0. The summed E-state index contributed by atoms with van der Waals surface area (Å²) in [5, 5.41) is 3.81. The minimum Gasteiger partial charge on any atom is -0.379 e. The molecule has 26 heavy (non-hydrogen) atoms. The fourth-order valence-corrected chi connectivity index (χ4v) is 3.51. The van der Waals surface area contributed by atoms with Gasteiger partial charge in [-0.05, 0) is 48.7 Å². The summed E-state index contributed by atoms with van der Waals surface area (Å²) in [6, 6.07) is 13.7. The van der Waals surface area contributed by atoms with Gasteiger partial charge in [0.1, 0.15) is 0 Å². The second kappa shape index (κ2) is 8.67. The van der Waals surface area contributed by atoms with E-state index in [9.17, 15) is 4.79 Å². The number of ether oxygens (including phenoxy) is 1. The zero-order valence-electron chi connectivity index (χ0n) is 15.3. The number of morpholine rings is 1. The maximum Gasteiger partial charge on any atom is 0.251 e. The Morgan fingerprint density at radius 3 is 2.58 bits per heavy atom. The van der Waals surface area contributed by atoms with Gasteiger partial charge in [0.2, 0.25) is 0 Å². The lowest BCUT2D eigenvalue weighted by Gasteiger charge is -2.35. The van der Waals surface area contributed by atoms with E-state index in [0.29, 0.717) is 25.3 Å². The standard InChI is InChI=1S/C21H25ClN2O2/c1-15-7-8-17(13-16(15)2)21(25)23-14-20(24-9-11-26-12-10-24)18-5-3-4-6-19(18)22/h3-8,13,20H,9-12,14H2,1-2H3,(H,23,25). The van der Waals surface area contributed by atoms with Crippen LogP contribution in [0.25, 0.3) is 0 Å². The van der Waals surface area contributed by atoms with E-state index in [-0.39, 0.29) is 11.9 Å². The summed E-state index contributed by atoms with van der Waals surface area (Å²) in [7, 11) is 0. The molecule has 5 heteroatoms. The number of rotatable bonds is 5.